The smallest absolute Gasteiger partial charge is 0.226 e. The van der Waals surface area contributed by atoms with Gasteiger partial charge in [-0.2, -0.15) is 0 Å². The van der Waals surface area contributed by atoms with Gasteiger partial charge in [-0.3, -0.25) is 0 Å². The molecule has 0 N–H and O–H groups in total. The minimum Gasteiger partial charge on any atom is -0.497 e. The van der Waals surface area contributed by atoms with Gasteiger partial charge in [0.25, 0.3) is 0 Å². The number of aryl methyl sites for hydroxylation is 2. The van der Waals surface area contributed by atoms with Crippen LogP contribution in [0.25, 0.3) is 11.5 Å². The highest BCUT2D eigenvalue weighted by Gasteiger charge is 2.10. The Labute approximate surface area is 129 Å². The van der Waals surface area contributed by atoms with Gasteiger partial charge in [-0.15, -0.1) is 0 Å². The first-order chi connectivity index (χ1) is 10.7. The second-order valence-corrected chi connectivity index (χ2v) is 5.15. The van der Waals surface area contributed by atoms with Crippen molar-refractivity contribution in [3.05, 3.63) is 53.9 Å². The zero-order chi connectivity index (χ0) is 15.5. The normalized spacial score (nSPS) is 10.9. The molecule has 0 saturated heterocycles. The van der Waals surface area contributed by atoms with E-state index in [1.165, 1.54) is 0 Å². The predicted molar refractivity (Wildman–Crippen MR) is 83.9 cm³/mol. The number of aromatic nitrogens is 3. The summed E-state index contributed by atoms with van der Waals surface area (Å²) in [5.41, 5.74) is 2.85. The van der Waals surface area contributed by atoms with Gasteiger partial charge >= 0.3 is 0 Å². The molecule has 114 valence electrons. The van der Waals surface area contributed by atoms with Gasteiger partial charge in [-0.25, -0.2) is 9.97 Å². The maximum Gasteiger partial charge on any atom is 0.226 e. The van der Waals surface area contributed by atoms with Gasteiger partial charge in [-0.1, -0.05) is 6.92 Å². The quantitative estimate of drug-likeness (QED) is 0.723. The van der Waals surface area contributed by atoms with Crippen LogP contribution >= 0.6 is 0 Å². The zero-order valence-electron chi connectivity index (χ0n) is 13.0. The van der Waals surface area contributed by atoms with Crippen LogP contribution in [0.2, 0.25) is 0 Å². The van der Waals surface area contributed by atoms with Crippen molar-refractivity contribution >= 4 is 0 Å². The molecule has 3 aromatic rings. The van der Waals surface area contributed by atoms with Crippen LogP contribution in [-0.2, 0) is 13.0 Å². The fourth-order valence-corrected chi connectivity index (χ4v) is 2.44. The summed E-state index contributed by atoms with van der Waals surface area (Å²) in [5, 5.41) is 0. The molecule has 0 amide bonds. The van der Waals surface area contributed by atoms with Crippen molar-refractivity contribution in [3.63, 3.8) is 0 Å². The number of hydrogen-bond acceptors (Lipinski definition) is 4. The van der Waals surface area contributed by atoms with Gasteiger partial charge in [0.05, 0.1) is 25.0 Å². The molecular weight excluding hydrogens is 278 g/mol. The van der Waals surface area contributed by atoms with Crippen molar-refractivity contribution in [1.29, 1.82) is 0 Å². The summed E-state index contributed by atoms with van der Waals surface area (Å²) >= 11 is 0. The van der Waals surface area contributed by atoms with Crippen LogP contribution in [0.15, 0.2) is 41.1 Å². The van der Waals surface area contributed by atoms with Crippen molar-refractivity contribution in [1.82, 2.24) is 14.5 Å². The molecule has 1 aromatic carbocycles. The Morgan fingerprint density at radius 1 is 1.18 bits per heavy atom. The molecule has 0 aliphatic rings. The Balaban J connectivity index is 1.80. The SMILES string of the molecule is CCc1nc(C)cn1Cc1coc(-c2ccc(OC)cc2)n1. The van der Waals surface area contributed by atoms with E-state index in [-0.39, 0.29) is 0 Å². The third-order valence-electron chi connectivity index (χ3n) is 3.52. The van der Waals surface area contributed by atoms with Gasteiger partial charge in [-0.05, 0) is 31.2 Å². The van der Waals surface area contributed by atoms with Crippen LogP contribution in [0.3, 0.4) is 0 Å². The Morgan fingerprint density at radius 2 is 1.95 bits per heavy atom. The molecule has 0 unspecified atom stereocenters. The lowest BCUT2D eigenvalue weighted by Crippen LogP contribution is -2.03. The molecule has 2 heterocycles. The third kappa shape index (κ3) is 2.88. The molecule has 5 nitrogen and oxygen atoms in total. The van der Waals surface area contributed by atoms with E-state index < -0.39 is 0 Å². The van der Waals surface area contributed by atoms with Crippen molar-refractivity contribution in [2.24, 2.45) is 0 Å². The highest BCUT2D eigenvalue weighted by Crippen LogP contribution is 2.22. The molecule has 0 atom stereocenters. The van der Waals surface area contributed by atoms with Crippen LogP contribution < -0.4 is 4.74 Å². The molecule has 0 radical (unpaired) electrons. The number of ether oxygens (including phenoxy) is 1. The van der Waals surface area contributed by atoms with Crippen molar-refractivity contribution < 1.29 is 9.15 Å². The van der Waals surface area contributed by atoms with Crippen molar-refractivity contribution in [3.8, 4) is 17.2 Å². The summed E-state index contributed by atoms with van der Waals surface area (Å²) < 4.78 is 12.9. The number of oxazole rings is 1. The molecule has 0 saturated carbocycles. The van der Waals surface area contributed by atoms with Crippen molar-refractivity contribution in [2.75, 3.05) is 7.11 Å². The van der Waals surface area contributed by atoms with E-state index in [1.54, 1.807) is 13.4 Å². The van der Waals surface area contributed by atoms with Crippen molar-refractivity contribution in [2.45, 2.75) is 26.8 Å². The summed E-state index contributed by atoms with van der Waals surface area (Å²) in [5.74, 6) is 2.50. The summed E-state index contributed by atoms with van der Waals surface area (Å²) in [6.45, 7) is 4.77. The highest BCUT2D eigenvalue weighted by molar-refractivity contribution is 5.54. The highest BCUT2D eigenvalue weighted by atomic mass is 16.5. The van der Waals surface area contributed by atoms with E-state index in [9.17, 15) is 0 Å². The van der Waals surface area contributed by atoms with E-state index in [1.807, 2.05) is 37.4 Å². The molecule has 0 bridgehead atoms. The number of imidazole rings is 1. The van der Waals surface area contributed by atoms with Crippen LogP contribution in [0.1, 0.15) is 24.1 Å². The fraction of sp³-hybridized carbons (Fsp3) is 0.294. The molecule has 3 rings (SSSR count). The number of benzene rings is 1. The standard InChI is InChI=1S/C17H19N3O2/c1-4-16-18-12(2)9-20(16)10-14-11-22-17(19-14)13-5-7-15(21-3)8-6-13/h5-9,11H,4,10H2,1-3H3. The molecule has 2 aromatic heterocycles. The lowest BCUT2D eigenvalue weighted by molar-refractivity contribution is 0.415. The largest absolute Gasteiger partial charge is 0.497 e. The monoisotopic (exact) mass is 297 g/mol. The summed E-state index contributed by atoms with van der Waals surface area (Å²) in [6, 6.07) is 7.67. The van der Waals surface area contributed by atoms with E-state index in [4.69, 9.17) is 9.15 Å². The third-order valence-corrected chi connectivity index (χ3v) is 3.52. The van der Waals surface area contributed by atoms with Gasteiger partial charge in [0.1, 0.15) is 17.8 Å². The minimum atomic E-state index is 0.618. The van der Waals surface area contributed by atoms with Gasteiger partial charge in [0.15, 0.2) is 0 Å². The first kappa shape index (κ1) is 14.4. The summed E-state index contributed by atoms with van der Waals surface area (Å²) in [6.07, 6.45) is 4.64. The Hall–Kier alpha value is -2.56. The average Bonchev–Trinajstić information content (AvgIpc) is 3.14. The van der Waals surface area contributed by atoms with Crippen LogP contribution in [-0.4, -0.2) is 21.6 Å². The Bertz CT molecular complexity index is 757. The predicted octanol–water partition coefficient (Wildman–Crippen LogP) is 3.47. The first-order valence-corrected chi connectivity index (χ1v) is 7.31. The van der Waals surface area contributed by atoms with Crippen LogP contribution in [0.5, 0.6) is 5.75 Å². The first-order valence-electron chi connectivity index (χ1n) is 7.31. The van der Waals surface area contributed by atoms with E-state index in [2.05, 4.69) is 21.5 Å². The van der Waals surface area contributed by atoms with Gasteiger partial charge in [0, 0.05) is 18.2 Å². The molecule has 22 heavy (non-hydrogen) atoms. The van der Waals surface area contributed by atoms with Gasteiger partial charge < -0.3 is 13.7 Å². The number of rotatable bonds is 5. The minimum absolute atomic E-state index is 0.618. The second kappa shape index (κ2) is 6.05. The molecule has 0 spiro atoms. The number of methoxy groups -OCH3 is 1. The number of hydrogen-bond donors (Lipinski definition) is 0. The van der Waals surface area contributed by atoms with Crippen LogP contribution in [0, 0.1) is 6.92 Å². The molecule has 0 aliphatic heterocycles. The zero-order valence-corrected chi connectivity index (χ0v) is 13.0. The molecule has 0 fully saturated rings. The second-order valence-electron chi connectivity index (χ2n) is 5.15. The lowest BCUT2D eigenvalue weighted by atomic mass is 10.2. The Kier molecular flexibility index (Phi) is 3.96. The fourth-order valence-electron chi connectivity index (χ4n) is 2.44. The maximum absolute atomic E-state index is 5.59. The maximum atomic E-state index is 5.59. The molecule has 0 aliphatic carbocycles. The topological polar surface area (TPSA) is 53.1 Å². The van der Waals surface area contributed by atoms with E-state index in [0.717, 1.165) is 34.9 Å². The van der Waals surface area contributed by atoms with Crippen LogP contribution in [0.4, 0.5) is 0 Å². The molecule has 5 heteroatoms. The number of nitrogens with zero attached hydrogens (tertiary/aromatic N) is 3. The molecular formula is C17H19N3O2. The lowest BCUT2D eigenvalue weighted by Gasteiger charge is -2.02. The van der Waals surface area contributed by atoms with Gasteiger partial charge in [0.2, 0.25) is 5.89 Å². The summed E-state index contributed by atoms with van der Waals surface area (Å²) in [4.78, 5) is 9.06. The van der Waals surface area contributed by atoms with E-state index >= 15 is 0 Å². The summed E-state index contributed by atoms with van der Waals surface area (Å²) in [7, 11) is 1.65. The van der Waals surface area contributed by atoms with E-state index in [0.29, 0.717) is 12.4 Å². The average molecular weight is 297 g/mol. The Morgan fingerprint density at radius 3 is 2.64 bits per heavy atom.